The molecule has 0 aliphatic heterocycles. The molecule has 0 saturated heterocycles. The topological polar surface area (TPSA) is 94.8 Å². The Balaban J connectivity index is 1.69. The molecular formula is C18H16ClF3N6O2S. The maximum atomic E-state index is 12.7. The summed E-state index contributed by atoms with van der Waals surface area (Å²) in [4.78, 5) is 19.8. The van der Waals surface area contributed by atoms with Gasteiger partial charge in [-0.2, -0.15) is 13.2 Å². The van der Waals surface area contributed by atoms with Gasteiger partial charge in [-0.3, -0.25) is 14.3 Å². The fraction of sp³-hybridized carbons (Fsp3) is 0.278. The molecule has 13 heteroatoms. The number of thioether (sulfide) groups is 1. The number of anilines is 1. The Hall–Kier alpha value is -2.70. The monoisotopic (exact) mass is 472 g/mol. The van der Waals surface area contributed by atoms with E-state index < -0.39 is 17.6 Å². The maximum absolute atomic E-state index is 12.7. The van der Waals surface area contributed by atoms with Gasteiger partial charge in [0.05, 0.1) is 29.5 Å². The lowest BCUT2D eigenvalue weighted by molar-refractivity contribution is -0.137. The number of ether oxygens (including phenoxy) is 1. The van der Waals surface area contributed by atoms with Gasteiger partial charge in [0.25, 0.3) is 0 Å². The molecule has 3 aromatic rings. The van der Waals surface area contributed by atoms with Crippen molar-refractivity contribution in [2.45, 2.75) is 17.9 Å². The molecule has 0 aromatic carbocycles. The van der Waals surface area contributed by atoms with Crippen molar-refractivity contribution in [3.8, 4) is 11.4 Å². The first-order valence-corrected chi connectivity index (χ1v) is 10.1. The number of carbonyl (C=O) groups excluding carboxylic acids is 1. The molecule has 0 unspecified atom stereocenters. The SMILES string of the molecule is COCCn1c(SCC(=O)Nc2ncc(C(F)(F)F)cc2Cl)nnc1-c1ccncc1. The molecule has 31 heavy (non-hydrogen) atoms. The molecule has 0 saturated carbocycles. The highest BCUT2D eigenvalue weighted by molar-refractivity contribution is 7.99. The highest BCUT2D eigenvalue weighted by atomic mass is 35.5. The Morgan fingerprint density at radius 3 is 2.68 bits per heavy atom. The predicted molar refractivity (Wildman–Crippen MR) is 109 cm³/mol. The van der Waals surface area contributed by atoms with Crippen molar-refractivity contribution in [1.29, 1.82) is 0 Å². The van der Waals surface area contributed by atoms with Gasteiger partial charge in [-0.05, 0) is 18.2 Å². The molecule has 0 aliphatic carbocycles. The molecule has 3 rings (SSSR count). The molecule has 0 fully saturated rings. The number of methoxy groups -OCH3 is 1. The molecule has 8 nitrogen and oxygen atoms in total. The fourth-order valence-corrected chi connectivity index (χ4v) is 3.46. The Morgan fingerprint density at radius 1 is 1.29 bits per heavy atom. The van der Waals surface area contributed by atoms with Gasteiger partial charge in [0, 0.05) is 31.3 Å². The summed E-state index contributed by atoms with van der Waals surface area (Å²) >= 11 is 6.93. The number of nitrogens with zero attached hydrogens (tertiary/aromatic N) is 5. The molecule has 0 radical (unpaired) electrons. The van der Waals surface area contributed by atoms with Gasteiger partial charge in [-0.25, -0.2) is 4.98 Å². The highest BCUT2D eigenvalue weighted by Crippen LogP contribution is 2.32. The van der Waals surface area contributed by atoms with Crippen molar-refractivity contribution in [3.63, 3.8) is 0 Å². The van der Waals surface area contributed by atoms with Crippen molar-refractivity contribution in [3.05, 3.63) is 47.4 Å². The van der Waals surface area contributed by atoms with E-state index in [1.54, 1.807) is 36.2 Å². The van der Waals surface area contributed by atoms with E-state index in [4.69, 9.17) is 16.3 Å². The standard InChI is InChI=1S/C18H16ClF3N6O2S/c1-30-7-6-28-16(11-2-4-23-5-3-11)26-27-17(28)31-10-14(29)25-15-13(19)8-12(9-24-15)18(20,21)22/h2-5,8-9H,6-7,10H2,1H3,(H,24,25,29). The van der Waals surface area contributed by atoms with Gasteiger partial charge < -0.3 is 10.1 Å². The number of hydrogen-bond acceptors (Lipinski definition) is 7. The van der Waals surface area contributed by atoms with Crippen LogP contribution in [0.25, 0.3) is 11.4 Å². The van der Waals surface area contributed by atoms with E-state index in [1.807, 2.05) is 0 Å². The van der Waals surface area contributed by atoms with Crippen LogP contribution in [-0.2, 0) is 22.3 Å². The van der Waals surface area contributed by atoms with Crippen molar-refractivity contribution in [1.82, 2.24) is 24.7 Å². The smallest absolute Gasteiger partial charge is 0.383 e. The molecule has 1 amide bonds. The maximum Gasteiger partial charge on any atom is 0.417 e. The highest BCUT2D eigenvalue weighted by Gasteiger charge is 2.31. The normalized spacial score (nSPS) is 11.5. The summed E-state index contributed by atoms with van der Waals surface area (Å²) in [6.45, 7) is 0.859. The number of nitrogens with one attached hydrogen (secondary N) is 1. The summed E-state index contributed by atoms with van der Waals surface area (Å²) in [6, 6.07) is 4.28. The van der Waals surface area contributed by atoms with Crippen LogP contribution in [0.5, 0.6) is 0 Å². The minimum Gasteiger partial charge on any atom is -0.383 e. The zero-order chi connectivity index (χ0) is 22.4. The summed E-state index contributed by atoms with van der Waals surface area (Å²) in [5, 5.41) is 10.9. The summed E-state index contributed by atoms with van der Waals surface area (Å²) in [6.07, 6.45) is -0.706. The third-order valence-corrected chi connectivity index (χ3v) is 5.19. The number of carbonyl (C=O) groups is 1. The molecule has 3 aromatic heterocycles. The largest absolute Gasteiger partial charge is 0.417 e. The van der Waals surface area contributed by atoms with E-state index in [9.17, 15) is 18.0 Å². The number of halogens is 4. The van der Waals surface area contributed by atoms with Crippen molar-refractivity contribution in [2.24, 2.45) is 0 Å². The van der Waals surface area contributed by atoms with Gasteiger partial charge in [-0.1, -0.05) is 23.4 Å². The van der Waals surface area contributed by atoms with Gasteiger partial charge in [0.1, 0.15) is 0 Å². The van der Waals surface area contributed by atoms with E-state index in [0.29, 0.717) is 36.4 Å². The number of aromatic nitrogens is 5. The quantitative estimate of drug-likeness (QED) is 0.498. The summed E-state index contributed by atoms with van der Waals surface area (Å²) in [5.41, 5.74) is -0.199. The first-order chi connectivity index (χ1) is 14.8. The molecule has 3 heterocycles. The molecule has 1 N–H and O–H groups in total. The first-order valence-electron chi connectivity index (χ1n) is 8.77. The first kappa shape index (κ1) is 23.0. The van der Waals surface area contributed by atoms with Crippen molar-refractivity contribution >= 4 is 35.1 Å². The Morgan fingerprint density at radius 2 is 2.03 bits per heavy atom. The van der Waals surface area contributed by atoms with E-state index >= 15 is 0 Å². The van der Waals surface area contributed by atoms with Crippen molar-refractivity contribution in [2.75, 3.05) is 24.8 Å². The molecule has 0 bridgehead atoms. The van der Waals surface area contributed by atoms with Gasteiger partial charge >= 0.3 is 6.18 Å². The van der Waals surface area contributed by atoms with Gasteiger partial charge in [-0.15, -0.1) is 10.2 Å². The average molecular weight is 473 g/mol. The van der Waals surface area contributed by atoms with Crippen LogP contribution in [0.3, 0.4) is 0 Å². The summed E-state index contributed by atoms with van der Waals surface area (Å²) < 4.78 is 45.1. The van der Waals surface area contributed by atoms with Gasteiger partial charge in [0.15, 0.2) is 16.8 Å². The zero-order valence-corrected chi connectivity index (χ0v) is 17.6. The molecule has 0 spiro atoms. The minimum absolute atomic E-state index is 0.0828. The summed E-state index contributed by atoms with van der Waals surface area (Å²) in [5.74, 6) is -0.153. The van der Waals surface area contributed by atoms with Crippen LogP contribution in [0, 0.1) is 0 Å². The fourth-order valence-electron chi connectivity index (χ4n) is 2.48. The van der Waals surface area contributed by atoms with Crippen LogP contribution in [0.2, 0.25) is 5.02 Å². The lowest BCUT2D eigenvalue weighted by atomic mass is 10.2. The average Bonchev–Trinajstić information content (AvgIpc) is 3.14. The molecule has 0 aliphatic rings. The minimum atomic E-state index is -4.58. The number of hydrogen-bond donors (Lipinski definition) is 1. The van der Waals surface area contributed by atoms with E-state index in [-0.39, 0.29) is 16.6 Å². The van der Waals surface area contributed by atoms with E-state index in [1.165, 1.54) is 0 Å². The third-order valence-electron chi connectivity index (χ3n) is 3.93. The van der Waals surface area contributed by atoms with E-state index in [0.717, 1.165) is 17.3 Å². The molecule has 0 atom stereocenters. The second kappa shape index (κ2) is 10.1. The van der Waals surface area contributed by atoms with E-state index in [2.05, 4.69) is 25.5 Å². The predicted octanol–water partition coefficient (Wildman–Crippen LogP) is 3.78. The van der Waals surface area contributed by atoms with Crippen LogP contribution >= 0.6 is 23.4 Å². The lowest BCUT2D eigenvalue weighted by Crippen LogP contribution is -2.17. The Bertz CT molecular complexity index is 1050. The van der Waals surface area contributed by atoms with Gasteiger partial charge in [0.2, 0.25) is 5.91 Å². The second-order valence-electron chi connectivity index (χ2n) is 6.08. The number of pyridine rings is 2. The van der Waals surface area contributed by atoms with Crippen LogP contribution in [-0.4, -0.2) is 50.1 Å². The van der Waals surface area contributed by atoms with Crippen LogP contribution in [0.4, 0.5) is 19.0 Å². The van der Waals surface area contributed by atoms with Crippen molar-refractivity contribution < 1.29 is 22.7 Å². The zero-order valence-electron chi connectivity index (χ0n) is 16.1. The second-order valence-corrected chi connectivity index (χ2v) is 7.43. The van der Waals surface area contributed by atoms with Crippen LogP contribution < -0.4 is 5.32 Å². The third kappa shape index (κ3) is 5.93. The lowest BCUT2D eigenvalue weighted by Gasteiger charge is -2.11. The number of rotatable bonds is 8. The Labute approximate surface area is 184 Å². The number of alkyl halides is 3. The molecular weight excluding hydrogens is 457 g/mol. The van der Waals surface area contributed by atoms with Crippen LogP contribution in [0.1, 0.15) is 5.56 Å². The number of amides is 1. The Kier molecular flexibility index (Phi) is 7.46. The summed E-state index contributed by atoms with van der Waals surface area (Å²) in [7, 11) is 1.57. The van der Waals surface area contributed by atoms with Crippen LogP contribution in [0.15, 0.2) is 41.9 Å². The molecule has 164 valence electrons.